The van der Waals surface area contributed by atoms with Gasteiger partial charge in [0.2, 0.25) is 0 Å². The van der Waals surface area contributed by atoms with E-state index in [0.717, 1.165) is 20.2 Å². The van der Waals surface area contributed by atoms with E-state index in [0.29, 0.717) is 27.6 Å². The van der Waals surface area contributed by atoms with E-state index in [2.05, 4.69) is 33.5 Å². The Morgan fingerprint density at radius 2 is 2.14 bits per heavy atom. The summed E-state index contributed by atoms with van der Waals surface area (Å²) in [5, 5.41) is 0. The van der Waals surface area contributed by atoms with Crippen molar-refractivity contribution in [1.29, 1.82) is 0 Å². The smallest absolute Gasteiger partial charge is 0.274 e. The van der Waals surface area contributed by atoms with Gasteiger partial charge in [0.05, 0.1) is 25.7 Å². The van der Waals surface area contributed by atoms with Crippen LogP contribution in [-0.2, 0) is 0 Å². The minimum absolute atomic E-state index is 0.0747. The summed E-state index contributed by atoms with van der Waals surface area (Å²) in [5.41, 5.74) is 2.42. The summed E-state index contributed by atoms with van der Waals surface area (Å²) < 4.78 is 14.5. The predicted molar refractivity (Wildman–Crippen MR) is 120 cm³/mol. The van der Waals surface area contributed by atoms with Crippen molar-refractivity contribution >= 4 is 56.0 Å². The maximum atomic E-state index is 12.9. The van der Waals surface area contributed by atoms with Crippen molar-refractivity contribution in [3.63, 3.8) is 0 Å². The van der Waals surface area contributed by atoms with E-state index < -0.39 is 0 Å². The molecule has 28 heavy (non-hydrogen) atoms. The van der Waals surface area contributed by atoms with Gasteiger partial charge in [-0.2, -0.15) is 0 Å². The molecule has 5 nitrogen and oxygen atoms in total. The number of rotatable bonds is 5. The molecule has 0 saturated heterocycles. The SMILES string of the molecule is C#CCOc1c(I)cc(/C=c2\sc3nc4ccccc4n3c2=O)cc1OCC. The molecular weight excluding hydrogens is 487 g/mol. The van der Waals surface area contributed by atoms with Gasteiger partial charge in [-0.05, 0) is 65.4 Å². The summed E-state index contributed by atoms with van der Waals surface area (Å²) in [6.45, 7) is 2.57. The standard InChI is InChI=1S/C21H15IN2O3S/c1-3-9-27-19-14(22)10-13(11-17(19)26-4-2)12-18-20(25)24-16-8-6-5-7-15(16)23-21(24)28-18/h1,5-8,10-12H,4,9H2,2H3/b18-12-. The van der Waals surface area contributed by atoms with Crippen LogP contribution in [0, 0.1) is 15.9 Å². The number of benzene rings is 2. The Morgan fingerprint density at radius 3 is 2.93 bits per heavy atom. The number of aromatic nitrogens is 2. The van der Waals surface area contributed by atoms with E-state index in [9.17, 15) is 4.79 Å². The first kappa shape index (κ1) is 18.8. The van der Waals surface area contributed by atoms with Crippen molar-refractivity contribution in [3.05, 3.63) is 60.4 Å². The summed E-state index contributed by atoms with van der Waals surface area (Å²) in [7, 11) is 0. The quantitative estimate of drug-likeness (QED) is 0.310. The Balaban J connectivity index is 1.85. The number of para-hydroxylation sites is 2. The molecule has 0 amide bonds. The number of halogens is 1. The first-order valence-electron chi connectivity index (χ1n) is 8.56. The molecule has 7 heteroatoms. The van der Waals surface area contributed by atoms with Gasteiger partial charge in [-0.25, -0.2) is 9.38 Å². The molecule has 0 N–H and O–H groups in total. The minimum atomic E-state index is -0.0747. The zero-order valence-electron chi connectivity index (χ0n) is 14.9. The van der Waals surface area contributed by atoms with Crippen LogP contribution in [0.4, 0.5) is 0 Å². The van der Waals surface area contributed by atoms with Crippen molar-refractivity contribution in [2.24, 2.45) is 0 Å². The molecule has 4 rings (SSSR count). The Hall–Kier alpha value is -2.57. The molecule has 0 fully saturated rings. The van der Waals surface area contributed by atoms with E-state index in [4.69, 9.17) is 15.9 Å². The molecule has 2 aromatic carbocycles. The molecule has 0 saturated carbocycles. The lowest BCUT2D eigenvalue weighted by molar-refractivity contribution is 0.297. The van der Waals surface area contributed by atoms with Crippen LogP contribution < -0.4 is 19.6 Å². The topological polar surface area (TPSA) is 52.8 Å². The molecule has 0 aliphatic carbocycles. The van der Waals surface area contributed by atoms with Crippen LogP contribution >= 0.6 is 33.9 Å². The largest absolute Gasteiger partial charge is 0.490 e. The molecule has 140 valence electrons. The number of hydrogen-bond donors (Lipinski definition) is 0. The number of nitrogens with zero attached hydrogens (tertiary/aromatic N) is 2. The Bertz CT molecular complexity index is 1330. The summed E-state index contributed by atoms with van der Waals surface area (Å²) in [6, 6.07) is 11.4. The Kier molecular flexibility index (Phi) is 5.24. The average molecular weight is 502 g/mol. The molecule has 0 radical (unpaired) electrons. The van der Waals surface area contributed by atoms with Gasteiger partial charge in [-0.1, -0.05) is 29.4 Å². The molecule has 0 aliphatic heterocycles. The third-order valence-electron chi connectivity index (χ3n) is 4.07. The normalized spacial score (nSPS) is 11.8. The van der Waals surface area contributed by atoms with Crippen LogP contribution in [0.15, 0.2) is 41.2 Å². The van der Waals surface area contributed by atoms with Crippen LogP contribution in [0.1, 0.15) is 12.5 Å². The van der Waals surface area contributed by atoms with Crippen molar-refractivity contribution in [2.45, 2.75) is 6.92 Å². The Morgan fingerprint density at radius 1 is 1.32 bits per heavy atom. The maximum absolute atomic E-state index is 12.9. The van der Waals surface area contributed by atoms with Crippen molar-refractivity contribution < 1.29 is 9.47 Å². The summed E-state index contributed by atoms with van der Waals surface area (Å²) in [6.07, 6.45) is 7.15. The monoisotopic (exact) mass is 502 g/mol. The van der Waals surface area contributed by atoms with Crippen molar-refractivity contribution in [2.75, 3.05) is 13.2 Å². The second-order valence-corrected chi connectivity index (χ2v) is 8.06. The van der Waals surface area contributed by atoms with Crippen molar-refractivity contribution in [3.8, 4) is 23.8 Å². The molecule has 2 heterocycles. The van der Waals surface area contributed by atoms with Crippen LogP contribution in [0.2, 0.25) is 0 Å². The molecular formula is C21H15IN2O3S. The van der Waals surface area contributed by atoms with Gasteiger partial charge in [0.15, 0.2) is 16.5 Å². The van der Waals surface area contributed by atoms with Gasteiger partial charge in [0.1, 0.15) is 6.61 Å². The zero-order valence-corrected chi connectivity index (χ0v) is 17.9. The predicted octanol–water partition coefficient (Wildman–Crippen LogP) is 3.47. The molecule has 0 spiro atoms. The number of terminal acetylenes is 1. The number of ether oxygens (including phenoxy) is 2. The molecule has 0 bridgehead atoms. The molecule has 2 aromatic heterocycles. The van der Waals surface area contributed by atoms with Crippen LogP contribution in [0.5, 0.6) is 11.5 Å². The highest BCUT2D eigenvalue weighted by atomic mass is 127. The lowest BCUT2D eigenvalue weighted by Crippen LogP contribution is -2.22. The fraction of sp³-hybridized carbons (Fsp3) is 0.143. The summed E-state index contributed by atoms with van der Waals surface area (Å²) >= 11 is 3.55. The highest BCUT2D eigenvalue weighted by Gasteiger charge is 2.13. The third-order valence-corrected chi connectivity index (χ3v) is 5.84. The number of fused-ring (bicyclic) bond motifs is 3. The van der Waals surface area contributed by atoms with Gasteiger partial charge < -0.3 is 9.47 Å². The second-order valence-electron chi connectivity index (χ2n) is 5.89. The van der Waals surface area contributed by atoms with Gasteiger partial charge in [-0.3, -0.25) is 4.79 Å². The zero-order chi connectivity index (χ0) is 19.7. The highest BCUT2D eigenvalue weighted by Crippen LogP contribution is 2.34. The van der Waals surface area contributed by atoms with Gasteiger partial charge in [0, 0.05) is 0 Å². The highest BCUT2D eigenvalue weighted by molar-refractivity contribution is 14.1. The lowest BCUT2D eigenvalue weighted by atomic mass is 10.2. The fourth-order valence-electron chi connectivity index (χ4n) is 2.95. The summed E-state index contributed by atoms with van der Waals surface area (Å²) in [5.74, 6) is 3.69. The van der Waals surface area contributed by atoms with Gasteiger partial charge in [0.25, 0.3) is 5.56 Å². The van der Waals surface area contributed by atoms with Crippen LogP contribution in [0.3, 0.4) is 0 Å². The number of thiazole rings is 1. The van der Waals surface area contributed by atoms with E-state index in [1.807, 2.05) is 49.4 Å². The van der Waals surface area contributed by atoms with E-state index in [-0.39, 0.29) is 12.2 Å². The third kappa shape index (κ3) is 3.34. The van der Waals surface area contributed by atoms with E-state index in [1.165, 1.54) is 11.3 Å². The molecule has 0 atom stereocenters. The molecule has 4 aromatic rings. The minimum Gasteiger partial charge on any atom is -0.490 e. The maximum Gasteiger partial charge on any atom is 0.274 e. The van der Waals surface area contributed by atoms with Gasteiger partial charge >= 0.3 is 0 Å². The van der Waals surface area contributed by atoms with Crippen molar-refractivity contribution in [1.82, 2.24) is 9.38 Å². The first-order valence-corrected chi connectivity index (χ1v) is 10.5. The second kappa shape index (κ2) is 7.81. The van der Waals surface area contributed by atoms with E-state index in [1.54, 1.807) is 4.40 Å². The molecule has 0 unspecified atom stereocenters. The number of imidazole rings is 1. The molecule has 0 aliphatic rings. The lowest BCUT2D eigenvalue weighted by Gasteiger charge is -2.13. The number of hydrogen-bond acceptors (Lipinski definition) is 5. The van der Waals surface area contributed by atoms with Gasteiger partial charge in [-0.15, -0.1) is 6.42 Å². The summed E-state index contributed by atoms with van der Waals surface area (Å²) in [4.78, 5) is 18.2. The first-order chi connectivity index (χ1) is 13.6. The average Bonchev–Trinajstić information content (AvgIpc) is 3.18. The van der Waals surface area contributed by atoms with E-state index >= 15 is 0 Å². The Labute approximate surface area is 178 Å². The van der Waals surface area contributed by atoms with Crippen LogP contribution in [0.25, 0.3) is 22.1 Å². The van der Waals surface area contributed by atoms with Crippen LogP contribution in [-0.4, -0.2) is 22.6 Å². The fourth-order valence-corrected chi connectivity index (χ4v) is 4.72.